The summed E-state index contributed by atoms with van der Waals surface area (Å²) in [5.74, 6) is 2.67. The topological polar surface area (TPSA) is 61.8 Å². The van der Waals surface area contributed by atoms with Crippen molar-refractivity contribution < 1.29 is 8.42 Å². The molecular formula is C14H30IN3O2S. The molecule has 1 aliphatic rings. The monoisotopic (exact) mass is 431 g/mol. The van der Waals surface area contributed by atoms with E-state index in [1.54, 1.807) is 14.0 Å². The predicted molar refractivity (Wildman–Crippen MR) is 100 cm³/mol. The fourth-order valence-corrected chi connectivity index (χ4v) is 3.38. The summed E-state index contributed by atoms with van der Waals surface area (Å²) in [6.45, 7) is 8.67. The van der Waals surface area contributed by atoms with E-state index < -0.39 is 9.84 Å². The van der Waals surface area contributed by atoms with E-state index in [0.717, 1.165) is 30.9 Å². The van der Waals surface area contributed by atoms with Gasteiger partial charge in [-0.05, 0) is 24.7 Å². The van der Waals surface area contributed by atoms with Crippen LogP contribution in [0.15, 0.2) is 4.99 Å². The van der Waals surface area contributed by atoms with Gasteiger partial charge in [0.1, 0.15) is 0 Å². The summed E-state index contributed by atoms with van der Waals surface area (Å²) >= 11 is 0. The van der Waals surface area contributed by atoms with Crippen LogP contribution in [0.2, 0.25) is 0 Å². The molecule has 1 rings (SSSR count). The van der Waals surface area contributed by atoms with E-state index in [1.807, 2.05) is 0 Å². The maximum absolute atomic E-state index is 11.5. The standard InChI is InChI=1S/C14H29N3O2S.HI/c1-5-20(18,19)9-7-16-14(15-4)17-8-6-13(11-17)10-12(2)3;/h12-13H,5-11H2,1-4H3,(H,15,16);1H. The normalized spacial score (nSPS) is 19.8. The lowest BCUT2D eigenvalue weighted by Crippen LogP contribution is -2.42. The Bertz CT molecular complexity index is 424. The molecule has 0 bridgehead atoms. The van der Waals surface area contributed by atoms with E-state index in [-0.39, 0.29) is 35.5 Å². The Labute approximate surface area is 146 Å². The SMILES string of the molecule is CCS(=O)(=O)CCNC(=NC)N1CCC(CC(C)C)C1.I. The van der Waals surface area contributed by atoms with Gasteiger partial charge < -0.3 is 10.2 Å². The van der Waals surface area contributed by atoms with Crippen LogP contribution < -0.4 is 5.32 Å². The van der Waals surface area contributed by atoms with Crippen LogP contribution in [0.1, 0.15) is 33.6 Å². The van der Waals surface area contributed by atoms with E-state index in [2.05, 4.69) is 29.1 Å². The van der Waals surface area contributed by atoms with Crippen LogP contribution in [0.3, 0.4) is 0 Å². The Kier molecular flexibility index (Phi) is 9.84. The fourth-order valence-electron chi connectivity index (χ4n) is 2.68. The number of rotatable bonds is 6. The minimum Gasteiger partial charge on any atom is -0.355 e. The average molecular weight is 431 g/mol. The van der Waals surface area contributed by atoms with Gasteiger partial charge in [0.25, 0.3) is 0 Å². The van der Waals surface area contributed by atoms with Crippen LogP contribution in [-0.2, 0) is 9.84 Å². The van der Waals surface area contributed by atoms with E-state index >= 15 is 0 Å². The molecule has 0 aromatic rings. The molecule has 1 unspecified atom stereocenters. The van der Waals surface area contributed by atoms with Gasteiger partial charge in [-0.2, -0.15) is 0 Å². The van der Waals surface area contributed by atoms with E-state index in [4.69, 9.17) is 0 Å². The fraction of sp³-hybridized carbons (Fsp3) is 0.929. The van der Waals surface area contributed by atoms with Gasteiger partial charge in [-0.1, -0.05) is 20.8 Å². The predicted octanol–water partition coefficient (Wildman–Crippen LogP) is 1.98. The molecule has 0 aliphatic carbocycles. The molecule has 0 amide bonds. The van der Waals surface area contributed by atoms with Gasteiger partial charge in [-0.25, -0.2) is 8.42 Å². The minimum absolute atomic E-state index is 0. The van der Waals surface area contributed by atoms with Gasteiger partial charge in [0.15, 0.2) is 15.8 Å². The second-order valence-corrected chi connectivity index (χ2v) is 8.41. The molecule has 0 radical (unpaired) electrons. The zero-order chi connectivity index (χ0) is 15.2. The molecule has 21 heavy (non-hydrogen) atoms. The van der Waals surface area contributed by atoms with Crippen LogP contribution in [0, 0.1) is 11.8 Å². The molecular weight excluding hydrogens is 401 g/mol. The van der Waals surface area contributed by atoms with Crippen molar-refractivity contribution in [3.05, 3.63) is 0 Å². The highest BCUT2D eigenvalue weighted by Gasteiger charge is 2.25. The first-order valence-electron chi connectivity index (χ1n) is 7.54. The summed E-state index contributed by atoms with van der Waals surface area (Å²) in [6, 6.07) is 0. The number of nitrogens with zero attached hydrogens (tertiary/aromatic N) is 2. The minimum atomic E-state index is -2.91. The molecule has 0 aromatic carbocycles. The Hall–Kier alpha value is -0.0500. The Morgan fingerprint density at radius 2 is 2.10 bits per heavy atom. The van der Waals surface area contributed by atoms with Crippen molar-refractivity contribution in [1.29, 1.82) is 0 Å². The van der Waals surface area contributed by atoms with Gasteiger partial charge >= 0.3 is 0 Å². The molecule has 7 heteroatoms. The number of aliphatic imine (C=N–C) groups is 1. The summed E-state index contributed by atoms with van der Waals surface area (Å²) in [5.41, 5.74) is 0. The molecule has 1 heterocycles. The number of likely N-dealkylation sites (tertiary alicyclic amines) is 1. The van der Waals surface area contributed by atoms with Crippen LogP contribution in [0.25, 0.3) is 0 Å². The first-order valence-corrected chi connectivity index (χ1v) is 9.36. The van der Waals surface area contributed by atoms with E-state index in [0.29, 0.717) is 6.54 Å². The summed E-state index contributed by atoms with van der Waals surface area (Å²) in [6.07, 6.45) is 2.45. The van der Waals surface area contributed by atoms with Crippen LogP contribution in [0.5, 0.6) is 0 Å². The molecule has 1 atom stereocenters. The van der Waals surface area contributed by atoms with Crippen molar-refractivity contribution in [2.45, 2.75) is 33.6 Å². The van der Waals surface area contributed by atoms with Crippen molar-refractivity contribution in [3.8, 4) is 0 Å². The van der Waals surface area contributed by atoms with Crippen LogP contribution in [0.4, 0.5) is 0 Å². The number of halogens is 1. The maximum atomic E-state index is 11.5. The third kappa shape index (κ3) is 7.67. The second kappa shape index (κ2) is 9.86. The van der Waals surface area contributed by atoms with E-state index in [1.165, 1.54) is 12.8 Å². The lowest BCUT2D eigenvalue weighted by Gasteiger charge is -2.22. The smallest absolute Gasteiger partial charge is 0.193 e. The largest absolute Gasteiger partial charge is 0.355 e. The number of nitrogens with one attached hydrogen (secondary N) is 1. The lowest BCUT2D eigenvalue weighted by atomic mass is 9.97. The molecule has 1 N–H and O–H groups in total. The third-order valence-electron chi connectivity index (χ3n) is 3.74. The molecule has 1 fully saturated rings. The molecule has 1 aliphatic heterocycles. The second-order valence-electron chi connectivity index (χ2n) is 5.94. The van der Waals surface area contributed by atoms with Gasteiger partial charge in [-0.15, -0.1) is 24.0 Å². The molecule has 126 valence electrons. The first-order chi connectivity index (χ1) is 9.38. The molecule has 0 spiro atoms. The zero-order valence-corrected chi connectivity index (χ0v) is 16.8. The highest BCUT2D eigenvalue weighted by Crippen LogP contribution is 2.23. The van der Waals surface area contributed by atoms with Crippen LogP contribution in [-0.4, -0.2) is 57.5 Å². The summed E-state index contributed by atoms with van der Waals surface area (Å²) in [7, 11) is -1.15. The zero-order valence-electron chi connectivity index (χ0n) is 13.6. The molecule has 5 nitrogen and oxygen atoms in total. The lowest BCUT2D eigenvalue weighted by molar-refractivity contribution is 0.404. The van der Waals surface area contributed by atoms with Crippen molar-refractivity contribution >= 4 is 39.8 Å². The van der Waals surface area contributed by atoms with Crippen molar-refractivity contribution in [2.75, 3.05) is 38.2 Å². The van der Waals surface area contributed by atoms with Gasteiger partial charge in [0.05, 0.1) is 5.75 Å². The third-order valence-corrected chi connectivity index (χ3v) is 5.44. The number of hydrogen-bond donors (Lipinski definition) is 1. The highest BCUT2D eigenvalue weighted by atomic mass is 127. The van der Waals surface area contributed by atoms with Gasteiger partial charge in [-0.3, -0.25) is 4.99 Å². The molecule has 1 saturated heterocycles. The average Bonchev–Trinajstić information content (AvgIpc) is 2.82. The number of hydrogen-bond acceptors (Lipinski definition) is 3. The van der Waals surface area contributed by atoms with Crippen LogP contribution >= 0.6 is 24.0 Å². The molecule has 0 saturated carbocycles. The Morgan fingerprint density at radius 3 is 2.62 bits per heavy atom. The Balaban J connectivity index is 0.00000400. The quantitative estimate of drug-likeness (QED) is 0.397. The number of guanidine groups is 1. The first kappa shape index (κ1) is 20.9. The van der Waals surface area contributed by atoms with Gasteiger partial charge in [0, 0.05) is 32.4 Å². The van der Waals surface area contributed by atoms with Crippen molar-refractivity contribution in [2.24, 2.45) is 16.8 Å². The van der Waals surface area contributed by atoms with Crippen molar-refractivity contribution in [3.63, 3.8) is 0 Å². The van der Waals surface area contributed by atoms with Crippen molar-refractivity contribution in [1.82, 2.24) is 10.2 Å². The summed E-state index contributed by atoms with van der Waals surface area (Å²) in [5, 5.41) is 3.17. The highest BCUT2D eigenvalue weighted by molar-refractivity contribution is 14.0. The van der Waals surface area contributed by atoms with Gasteiger partial charge in [0.2, 0.25) is 0 Å². The number of sulfone groups is 1. The Morgan fingerprint density at radius 1 is 1.43 bits per heavy atom. The molecule has 0 aromatic heterocycles. The summed E-state index contributed by atoms with van der Waals surface area (Å²) in [4.78, 5) is 6.51. The maximum Gasteiger partial charge on any atom is 0.193 e. The van der Waals surface area contributed by atoms with E-state index in [9.17, 15) is 8.42 Å². The summed E-state index contributed by atoms with van der Waals surface area (Å²) < 4.78 is 22.9.